The molecule has 5 heteroatoms. The van der Waals surface area contributed by atoms with Crippen LogP contribution in [0.5, 0.6) is 0 Å². The molecule has 4 aliphatic carbocycles. The Bertz CT molecular complexity index is 632. The van der Waals surface area contributed by atoms with Crippen LogP contribution in [0, 0.1) is 34.5 Å². The molecule has 5 nitrogen and oxygen atoms in total. The Balaban J connectivity index is 1.70. The first-order valence-electron chi connectivity index (χ1n) is 10.2. The first kappa shape index (κ1) is 18.6. The summed E-state index contributed by atoms with van der Waals surface area (Å²) in [6.45, 7) is 3.46. The van der Waals surface area contributed by atoms with Crippen LogP contribution in [0.4, 0.5) is 0 Å². The maximum absolute atomic E-state index is 13.4. The molecule has 0 bridgehead atoms. The van der Waals surface area contributed by atoms with E-state index in [0.29, 0.717) is 12.3 Å². The maximum Gasteiger partial charge on any atom is 0.190 e. The minimum atomic E-state index is -1.58. The van der Waals surface area contributed by atoms with Crippen LogP contribution in [0.1, 0.15) is 65.2 Å². The van der Waals surface area contributed by atoms with E-state index in [-0.39, 0.29) is 41.5 Å². The number of carbonyl (C=O) groups excluding carboxylic acids is 2. The Labute approximate surface area is 155 Å². The second kappa shape index (κ2) is 5.86. The predicted octanol–water partition coefficient (Wildman–Crippen LogP) is 1.86. The first-order valence-corrected chi connectivity index (χ1v) is 10.2. The lowest BCUT2D eigenvalue weighted by Gasteiger charge is -2.60. The van der Waals surface area contributed by atoms with Gasteiger partial charge in [-0.1, -0.05) is 13.8 Å². The van der Waals surface area contributed by atoms with Crippen LogP contribution in [0.2, 0.25) is 0 Å². The van der Waals surface area contributed by atoms with Crippen molar-refractivity contribution in [2.24, 2.45) is 34.5 Å². The van der Waals surface area contributed by atoms with Gasteiger partial charge in [0.1, 0.15) is 18.0 Å². The van der Waals surface area contributed by atoms with Gasteiger partial charge in [0.05, 0.1) is 6.10 Å². The van der Waals surface area contributed by atoms with Crippen LogP contribution in [-0.2, 0) is 9.59 Å². The Kier molecular flexibility index (Phi) is 4.18. The molecule has 0 aromatic heterocycles. The third-order valence-electron chi connectivity index (χ3n) is 9.08. The summed E-state index contributed by atoms with van der Waals surface area (Å²) in [4.78, 5) is 25.7. The smallest absolute Gasteiger partial charge is 0.190 e. The van der Waals surface area contributed by atoms with Gasteiger partial charge in [-0.15, -0.1) is 0 Å². The van der Waals surface area contributed by atoms with Crippen LogP contribution in [0.3, 0.4) is 0 Å². The molecule has 4 saturated carbocycles. The van der Waals surface area contributed by atoms with Crippen molar-refractivity contribution in [3.63, 3.8) is 0 Å². The molecule has 146 valence electrons. The van der Waals surface area contributed by atoms with Gasteiger partial charge in [-0.2, -0.15) is 0 Å². The van der Waals surface area contributed by atoms with Crippen molar-refractivity contribution in [3.8, 4) is 0 Å². The summed E-state index contributed by atoms with van der Waals surface area (Å²) in [5.41, 5.74) is -2.40. The van der Waals surface area contributed by atoms with E-state index in [1.54, 1.807) is 0 Å². The van der Waals surface area contributed by atoms with Crippen LogP contribution in [0.25, 0.3) is 0 Å². The molecule has 3 N–H and O–H groups in total. The molecule has 4 aliphatic rings. The number of fused-ring (bicyclic) bond motifs is 5. The molecular weight excluding hydrogens is 332 g/mol. The van der Waals surface area contributed by atoms with Crippen molar-refractivity contribution in [2.45, 2.75) is 76.9 Å². The summed E-state index contributed by atoms with van der Waals surface area (Å²) in [5, 5.41) is 30.6. The van der Waals surface area contributed by atoms with E-state index in [2.05, 4.69) is 6.92 Å². The Morgan fingerprint density at radius 3 is 2.58 bits per heavy atom. The number of aliphatic hydroxyl groups is 3. The molecule has 0 spiro atoms. The molecular formula is C21H32O5. The number of rotatable bonds is 2. The molecule has 4 rings (SSSR count). The fraction of sp³-hybridized carbons (Fsp3) is 0.905. The fourth-order valence-electron chi connectivity index (χ4n) is 7.64. The van der Waals surface area contributed by atoms with Gasteiger partial charge in [0, 0.05) is 17.8 Å². The number of hydrogen-bond donors (Lipinski definition) is 3. The van der Waals surface area contributed by atoms with Crippen LogP contribution in [0.15, 0.2) is 0 Å². The van der Waals surface area contributed by atoms with E-state index in [9.17, 15) is 24.9 Å². The summed E-state index contributed by atoms with van der Waals surface area (Å²) in [7, 11) is 0. The van der Waals surface area contributed by atoms with Crippen molar-refractivity contribution < 1.29 is 24.9 Å². The largest absolute Gasteiger partial charge is 0.393 e. The van der Waals surface area contributed by atoms with E-state index in [1.807, 2.05) is 6.92 Å². The van der Waals surface area contributed by atoms with Gasteiger partial charge in [0.25, 0.3) is 0 Å². The van der Waals surface area contributed by atoms with Crippen LogP contribution < -0.4 is 0 Å². The van der Waals surface area contributed by atoms with Crippen molar-refractivity contribution in [1.82, 2.24) is 0 Å². The minimum absolute atomic E-state index is 0.0154. The quantitative estimate of drug-likeness (QED) is 0.695. The summed E-state index contributed by atoms with van der Waals surface area (Å²) in [6, 6.07) is 0. The predicted molar refractivity (Wildman–Crippen MR) is 95.2 cm³/mol. The van der Waals surface area contributed by atoms with E-state index < -0.39 is 23.4 Å². The summed E-state index contributed by atoms with van der Waals surface area (Å²) in [6.07, 6.45) is 5.47. The lowest BCUT2D eigenvalue weighted by molar-refractivity contribution is -0.180. The normalized spacial score (nSPS) is 53.6. The third-order valence-corrected chi connectivity index (χ3v) is 9.08. The Hall–Kier alpha value is -0.780. The van der Waals surface area contributed by atoms with E-state index in [1.165, 1.54) is 0 Å². The van der Waals surface area contributed by atoms with Crippen LogP contribution in [-0.4, -0.2) is 45.2 Å². The van der Waals surface area contributed by atoms with E-state index in [4.69, 9.17) is 0 Å². The molecule has 1 unspecified atom stereocenters. The average molecular weight is 364 g/mol. The molecule has 0 heterocycles. The second-order valence-corrected chi connectivity index (χ2v) is 10.00. The highest BCUT2D eigenvalue weighted by Crippen LogP contribution is 2.67. The summed E-state index contributed by atoms with van der Waals surface area (Å²) >= 11 is 0. The molecule has 0 aromatic carbocycles. The van der Waals surface area contributed by atoms with Crippen molar-refractivity contribution in [3.05, 3.63) is 0 Å². The second-order valence-electron chi connectivity index (χ2n) is 10.00. The zero-order chi connectivity index (χ0) is 18.9. The standard InChI is InChI=1S/C21H32O5/c1-19-7-5-13(23)9-12(19)3-4-14-15-6-8-21(26,17(25)11-22)20(15,2)10-16(24)18(14)19/h12-15,18,22-23,26H,3-11H2,1-2H3/t12-,13?,14+,15-,18+,19-,20-,21+/m0/s1. The summed E-state index contributed by atoms with van der Waals surface area (Å²) in [5.74, 6) is 0.380. The van der Waals surface area contributed by atoms with Crippen molar-refractivity contribution >= 4 is 11.6 Å². The van der Waals surface area contributed by atoms with Gasteiger partial charge in [-0.3, -0.25) is 9.59 Å². The van der Waals surface area contributed by atoms with Gasteiger partial charge < -0.3 is 15.3 Å². The molecule has 4 fully saturated rings. The number of hydrogen-bond acceptors (Lipinski definition) is 5. The highest BCUT2D eigenvalue weighted by molar-refractivity contribution is 5.92. The topological polar surface area (TPSA) is 94.8 Å². The number of aliphatic hydroxyl groups excluding tert-OH is 2. The minimum Gasteiger partial charge on any atom is -0.393 e. The van der Waals surface area contributed by atoms with Gasteiger partial charge in [0.2, 0.25) is 0 Å². The molecule has 0 amide bonds. The molecule has 0 saturated heterocycles. The highest BCUT2D eigenvalue weighted by Gasteiger charge is 2.68. The zero-order valence-corrected chi connectivity index (χ0v) is 15.9. The van der Waals surface area contributed by atoms with Gasteiger partial charge >= 0.3 is 0 Å². The first-order chi connectivity index (χ1) is 12.2. The maximum atomic E-state index is 13.4. The number of ketones is 2. The molecule has 8 atom stereocenters. The monoisotopic (exact) mass is 364 g/mol. The molecule has 26 heavy (non-hydrogen) atoms. The summed E-state index contributed by atoms with van der Waals surface area (Å²) < 4.78 is 0. The van der Waals surface area contributed by atoms with Gasteiger partial charge in [-0.25, -0.2) is 0 Å². The van der Waals surface area contributed by atoms with Gasteiger partial charge in [0.15, 0.2) is 5.78 Å². The lowest BCUT2D eigenvalue weighted by Crippen LogP contribution is -2.62. The van der Waals surface area contributed by atoms with Crippen LogP contribution >= 0.6 is 0 Å². The lowest BCUT2D eigenvalue weighted by atomic mass is 9.44. The van der Waals surface area contributed by atoms with Crippen molar-refractivity contribution in [1.29, 1.82) is 0 Å². The Morgan fingerprint density at radius 1 is 1.15 bits per heavy atom. The molecule has 0 aliphatic heterocycles. The third kappa shape index (κ3) is 2.20. The van der Waals surface area contributed by atoms with Gasteiger partial charge in [-0.05, 0) is 68.1 Å². The van der Waals surface area contributed by atoms with E-state index >= 15 is 0 Å². The number of carbonyl (C=O) groups is 2. The number of Topliss-reactive ketones (excluding diaryl/α,β-unsaturated/α-hetero) is 2. The Morgan fingerprint density at radius 2 is 1.88 bits per heavy atom. The van der Waals surface area contributed by atoms with E-state index in [0.717, 1.165) is 38.5 Å². The highest BCUT2D eigenvalue weighted by atomic mass is 16.3. The molecule has 0 aromatic rings. The van der Waals surface area contributed by atoms with Crippen molar-refractivity contribution in [2.75, 3.05) is 6.61 Å². The average Bonchev–Trinajstić information content (AvgIpc) is 2.86. The zero-order valence-electron chi connectivity index (χ0n) is 15.9. The SMILES string of the molecule is C[C@]12CCC(O)C[C@@H]1CC[C@H]1[C@@H]2C(=O)C[C@@]2(C)[C@H]1CC[C@@]2(O)C(=O)CO. The molecule has 0 radical (unpaired) electrons. The fourth-order valence-corrected chi connectivity index (χ4v) is 7.64.